The highest BCUT2D eigenvalue weighted by Gasteiger charge is 2.34. The lowest BCUT2D eigenvalue weighted by atomic mass is 10.2. The molecule has 1 aromatic heterocycles. The number of carbonyl (C=O) groups excluding carboxylic acids is 1. The Morgan fingerprint density at radius 1 is 1.29 bits per heavy atom. The minimum atomic E-state index is -0.393. The Morgan fingerprint density at radius 3 is 2.68 bits per heavy atom. The molecule has 2 aromatic carbocycles. The smallest absolute Gasteiger partial charge is 0.317 e. The Morgan fingerprint density at radius 2 is 2.03 bits per heavy atom. The molecular weight excluding hydrogens is 419 g/mol. The molecule has 0 spiro atoms. The fourth-order valence-corrected chi connectivity index (χ4v) is 3.53. The molecule has 0 unspecified atom stereocenters. The summed E-state index contributed by atoms with van der Waals surface area (Å²) in [5.41, 5.74) is 2.26. The van der Waals surface area contributed by atoms with Crippen LogP contribution in [0.15, 0.2) is 48.5 Å². The second-order valence-corrected chi connectivity index (χ2v) is 7.95. The highest BCUT2D eigenvalue weighted by molar-refractivity contribution is 6.30. The number of urea groups is 1. The van der Waals surface area contributed by atoms with E-state index in [4.69, 9.17) is 16.3 Å². The zero-order valence-corrected chi connectivity index (χ0v) is 18.2. The van der Waals surface area contributed by atoms with Crippen molar-refractivity contribution in [3.05, 3.63) is 70.6 Å². The Balaban J connectivity index is 1.76. The molecule has 1 N–H and O–H groups in total. The Labute approximate surface area is 185 Å². The molecule has 3 aromatic rings. The van der Waals surface area contributed by atoms with Gasteiger partial charge in [0.05, 0.1) is 23.5 Å². The van der Waals surface area contributed by atoms with Gasteiger partial charge in [-0.15, -0.1) is 0 Å². The minimum Gasteiger partial charge on any atom is -0.438 e. The molecule has 0 radical (unpaired) electrons. The Kier molecular flexibility index (Phi) is 6.13. The lowest BCUT2D eigenvalue weighted by molar-refractivity contribution is 0.192. The van der Waals surface area contributed by atoms with Crippen LogP contribution in [0.25, 0.3) is 5.69 Å². The summed E-state index contributed by atoms with van der Waals surface area (Å²) in [5.74, 6) is 0.406. The number of rotatable bonds is 7. The summed E-state index contributed by atoms with van der Waals surface area (Å²) in [4.78, 5) is 14.5. The van der Waals surface area contributed by atoms with Gasteiger partial charge in [-0.2, -0.15) is 5.10 Å². The summed E-state index contributed by atoms with van der Waals surface area (Å²) in [7, 11) is 0. The molecule has 1 aliphatic carbocycles. The maximum atomic E-state index is 13.8. The van der Waals surface area contributed by atoms with Crippen LogP contribution in [0.1, 0.15) is 31.0 Å². The van der Waals surface area contributed by atoms with Crippen LogP contribution in [-0.4, -0.2) is 33.3 Å². The summed E-state index contributed by atoms with van der Waals surface area (Å²) < 4.78 is 21.6. The largest absolute Gasteiger partial charge is 0.438 e. The SMILES string of the molecule is CCNC(=O)N(Cc1c(C)nn(-c2ccc(Cl)cc2)c1Oc1cccc(F)c1)C1CC1. The molecule has 4 rings (SSSR count). The second-order valence-electron chi connectivity index (χ2n) is 7.51. The number of hydrogen-bond acceptors (Lipinski definition) is 3. The first-order valence-corrected chi connectivity index (χ1v) is 10.7. The van der Waals surface area contributed by atoms with Crippen LogP contribution < -0.4 is 10.1 Å². The minimum absolute atomic E-state index is 0.111. The van der Waals surface area contributed by atoms with Crippen LogP contribution in [0, 0.1) is 12.7 Å². The van der Waals surface area contributed by atoms with E-state index in [0.29, 0.717) is 29.7 Å². The number of nitrogens with one attached hydrogen (secondary N) is 1. The summed E-state index contributed by atoms with van der Waals surface area (Å²) >= 11 is 6.04. The predicted octanol–water partition coefficient (Wildman–Crippen LogP) is 5.46. The summed E-state index contributed by atoms with van der Waals surface area (Å²) in [6, 6.07) is 13.2. The molecule has 6 nitrogen and oxygen atoms in total. The van der Waals surface area contributed by atoms with Crippen molar-refractivity contribution in [3.63, 3.8) is 0 Å². The lowest BCUT2D eigenvalue weighted by Crippen LogP contribution is -2.40. The number of aryl methyl sites for hydroxylation is 1. The molecular formula is C23H24ClFN4O2. The molecule has 1 saturated carbocycles. The van der Waals surface area contributed by atoms with E-state index < -0.39 is 5.82 Å². The molecule has 2 amide bonds. The van der Waals surface area contributed by atoms with E-state index in [9.17, 15) is 9.18 Å². The van der Waals surface area contributed by atoms with E-state index in [1.807, 2.05) is 30.9 Å². The molecule has 0 saturated heterocycles. The molecule has 1 heterocycles. The maximum Gasteiger partial charge on any atom is 0.317 e. The van der Waals surface area contributed by atoms with E-state index in [1.54, 1.807) is 28.9 Å². The highest BCUT2D eigenvalue weighted by Crippen LogP contribution is 2.35. The summed E-state index contributed by atoms with van der Waals surface area (Å²) in [6.07, 6.45) is 1.95. The molecule has 162 valence electrons. The number of benzene rings is 2. The first-order chi connectivity index (χ1) is 15.0. The predicted molar refractivity (Wildman–Crippen MR) is 117 cm³/mol. The third-order valence-corrected chi connectivity index (χ3v) is 5.38. The topological polar surface area (TPSA) is 59.4 Å². The van der Waals surface area contributed by atoms with Crippen LogP contribution in [0.2, 0.25) is 5.02 Å². The molecule has 1 fully saturated rings. The third kappa shape index (κ3) is 4.82. The number of halogens is 2. The maximum absolute atomic E-state index is 13.8. The number of ether oxygens (including phenoxy) is 1. The van der Waals surface area contributed by atoms with Crippen molar-refractivity contribution in [1.29, 1.82) is 0 Å². The Hall–Kier alpha value is -3.06. The van der Waals surface area contributed by atoms with Crippen molar-refractivity contribution < 1.29 is 13.9 Å². The molecule has 0 bridgehead atoms. The first-order valence-electron chi connectivity index (χ1n) is 10.3. The van der Waals surface area contributed by atoms with Crippen LogP contribution in [-0.2, 0) is 6.54 Å². The molecule has 0 aliphatic heterocycles. The highest BCUT2D eigenvalue weighted by atomic mass is 35.5. The van der Waals surface area contributed by atoms with Gasteiger partial charge in [-0.3, -0.25) is 0 Å². The van der Waals surface area contributed by atoms with Crippen molar-refractivity contribution in [2.75, 3.05) is 6.54 Å². The van der Waals surface area contributed by atoms with E-state index in [1.165, 1.54) is 12.1 Å². The molecule has 1 aliphatic rings. The first kappa shape index (κ1) is 21.2. The van der Waals surface area contributed by atoms with Gasteiger partial charge >= 0.3 is 6.03 Å². The monoisotopic (exact) mass is 442 g/mol. The van der Waals surface area contributed by atoms with Crippen molar-refractivity contribution in [3.8, 4) is 17.3 Å². The van der Waals surface area contributed by atoms with Crippen molar-refractivity contribution in [2.45, 2.75) is 39.3 Å². The van der Waals surface area contributed by atoms with Gasteiger partial charge in [-0.25, -0.2) is 13.9 Å². The van der Waals surface area contributed by atoms with Crippen molar-refractivity contribution in [2.24, 2.45) is 0 Å². The van der Waals surface area contributed by atoms with E-state index >= 15 is 0 Å². The van der Waals surface area contributed by atoms with Crippen LogP contribution >= 0.6 is 11.6 Å². The van der Waals surface area contributed by atoms with Crippen molar-refractivity contribution >= 4 is 17.6 Å². The van der Waals surface area contributed by atoms with Gasteiger partial charge in [0, 0.05) is 23.7 Å². The van der Waals surface area contributed by atoms with Crippen LogP contribution in [0.5, 0.6) is 11.6 Å². The van der Waals surface area contributed by atoms with Crippen molar-refractivity contribution in [1.82, 2.24) is 20.0 Å². The van der Waals surface area contributed by atoms with Gasteiger partial charge in [0.25, 0.3) is 0 Å². The summed E-state index contributed by atoms with van der Waals surface area (Å²) in [5, 5.41) is 8.15. The summed E-state index contributed by atoms with van der Waals surface area (Å²) in [6.45, 7) is 4.67. The van der Waals surface area contributed by atoms with Gasteiger partial charge in [0.2, 0.25) is 5.88 Å². The fraction of sp³-hybridized carbons (Fsp3) is 0.304. The average molecular weight is 443 g/mol. The van der Waals surface area contributed by atoms with Crippen LogP contribution in [0.3, 0.4) is 0 Å². The molecule has 0 atom stereocenters. The fourth-order valence-electron chi connectivity index (χ4n) is 3.40. The normalized spacial score (nSPS) is 13.2. The molecule has 8 heteroatoms. The van der Waals surface area contributed by atoms with Gasteiger partial charge in [0.1, 0.15) is 11.6 Å². The third-order valence-electron chi connectivity index (χ3n) is 5.12. The van der Waals surface area contributed by atoms with E-state index in [0.717, 1.165) is 29.8 Å². The van der Waals surface area contributed by atoms with Gasteiger partial charge in [0.15, 0.2) is 0 Å². The zero-order valence-electron chi connectivity index (χ0n) is 17.4. The lowest BCUT2D eigenvalue weighted by Gasteiger charge is -2.23. The second kappa shape index (κ2) is 8.98. The average Bonchev–Trinajstić information content (AvgIpc) is 3.53. The number of hydrogen-bond donors (Lipinski definition) is 1. The molecule has 31 heavy (non-hydrogen) atoms. The van der Waals surface area contributed by atoms with Gasteiger partial charge < -0.3 is 15.0 Å². The van der Waals surface area contributed by atoms with Gasteiger partial charge in [-0.05, 0) is 63.1 Å². The number of amides is 2. The number of carbonyl (C=O) groups is 1. The Bertz CT molecular complexity index is 1080. The standard InChI is InChI=1S/C23H24ClFN4O2/c1-3-26-23(30)28(18-11-12-18)14-21-15(2)27-29(19-9-7-16(24)8-10-19)22(21)31-20-6-4-5-17(25)13-20/h4-10,13,18H,3,11-12,14H2,1-2H3,(H,26,30). The van der Waals surface area contributed by atoms with E-state index in [-0.39, 0.29) is 12.1 Å². The van der Waals surface area contributed by atoms with E-state index in [2.05, 4.69) is 10.4 Å². The number of aromatic nitrogens is 2. The zero-order chi connectivity index (χ0) is 22.0. The van der Waals surface area contributed by atoms with Crippen LogP contribution in [0.4, 0.5) is 9.18 Å². The quantitative estimate of drug-likeness (QED) is 0.528. The van der Waals surface area contributed by atoms with Gasteiger partial charge in [-0.1, -0.05) is 17.7 Å². The number of nitrogens with zero attached hydrogens (tertiary/aromatic N) is 3.